The van der Waals surface area contributed by atoms with Crippen molar-refractivity contribution in [1.29, 1.82) is 0 Å². The molecular weight excluding hydrogens is 364 g/mol. The van der Waals surface area contributed by atoms with Crippen molar-refractivity contribution in [2.45, 2.75) is 38.6 Å². The molecule has 1 aromatic heterocycles. The Kier molecular flexibility index (Phi) is 4.91. The third-order valence-electron chi connectivity index (χ3n) is 6.28. The summed E-state index contributed by atoms with van der Waals surface area (Å²) < 4.78 is 1.32. The summed E-state index contributed by atoms with van der Waals surface area (Å²) in [5.74, 6) is 0.951. The number of carbonyl (C=O) groups is 1. The molecule has 4 heteroatoms. The van der Waals surface area contributed by atoms with Crippen molar-refractivity contribution in [3.05, 3.63) is 64.5 Å². The van der Waals surface area contributed by atoms with Gasteiger partial charge >= 0.3 is 0 Å². The van der Waals surface area contributed by atoms with Crippen LogP contribution < -0.4 is 5.32 Å². The van der Waals surface area contributed by atoms with E-state index in [1.807, 2.05) is 11.3 Å². The number of hydrogen-bond donors (Lipinski definition) is 1. The number of aryl methyl sites for hydroxylation is 1. The summed E-state index contributed by atoms with van der Waals surface area (Å²) in [4.78, 5) is 14.2. The summed E-state index contributed by atoms with van der Waals surface area (Å²) in [5.41, 5.74) is 5.05. The molecule has 2 aromatic carbocycles. The third kappa shape index (κ3) is 3.71. The first-order valence-electron chi connectivity index (χ1n) is 10.3. The first-order chi connectivity index (χ1) is 13.7. The van der Waals surface area contributed by atoms with E-state index in [2.05, 4.69) is 58.1 Å². The zero-order chi connectivity index (χ0) is 18.9. The number of nitrogens with zero attached hydrogens (tertiary/aromatic N) is 1. The van der Waals surface area contributed by atoms with E-state index in [9.17, 15) is 4.79 Å². The predicted molar refractivity (Wildman–Crippen MR) is 117 cm³/mol. The van der Waals surface area contributed by atoms with Gasteiger partial charge in [-0.05, 0) is 84.3 Å². The second kappa shape index (κ2) is 7.69. The van der Waals surface area contributed by atoms with Crippen LogP contribution in [0.4, 0.5) is 5.69 Å². The Morgan fingerprint density at radius 2 is 1.93 bits per heavy atom. The highest BCUT2D eigenvalue weighted by molar-refractivity contribution is 7.17. The minimum Gasteiger partial charge on any atom is -0.326 e. The monoisotopic (exact) mass is 390 g/mol. The van der Waals surface area contributed by atoms with Crippen LogP contribution in [0.25, 0.3) is 10.1 Å². The molecule has 144 valence electrons. The molecule has 0 unspecified atom stereocenters. The number of amides is 1. The molecular formula is C24H26N2OS. The molecule has 1 saturated heterocycles. The van der Waals surface area contributed by atoms with E-state index in [0.29, 0.717) is 6.42 Å². The van der Waals surface area contributed by atoms with E-state index >= 15 is 0 Å². The first kappa shape index (κ1) is 17.9. The van der Waals surface area contributed by atoms with Gasteiger partial charge in [0.05, 0.1) is 6.42 Å². The van der Waals surface area contributed by atoms with Crippen LogP contribution in [0.2, 0.25) is 0 Å². The van der Waals surface area contributed by atoms with Crippen molar-refractivity contribution in [1.82, 2.24) is 4.90 Å². The highest BCUT2D eigenvalue weighted by Crippen LogP contribution is 2.35. The standard InChI is InChI=1S/C24H26N2OS/c27-24-13-20-12-23-21(14-22(20)25-24)19(16-28-23)7-6-17-8-10-26(11-9-17)15-18-4-2-1-3-5-18/h1-5,12,14,16-17H,6-11,13,15H2,(H,25,27). The number of benzene rings is 2. The van der Waals surface area contributed by atoms with Gasteiger partial charge in [0.2, 0.25) is 5.91 Å². The molecule has 0 radical (unpaired) electrons. The van der Waals surface area contributed by atoms with Crippen LogP contribution in [0, 0.1) is 5.92 Å². The Labute approximate surface area is 170 Å². The van der Waals surface area contributed by atoms with E-state index in [1.54, 1.807) is 0 Å². The number of carbonyl (C=O) groups excluding carboxylic acids is 1. The molecule has 2 aliphatic rings. The molecule has 1 N–H and O–H groups in total. The van der Waals surface area contributed by atoms with E-state index in [0.717, 1.165) is 30.1 Å². The Balaban J connectivity index is 1.17. The van der Waals surface area contributed by atoms with Gasteiger partial charge in [0.15, 0.2) is 0 Å². The third-order valence-corrected chi connectivity index (χ3v) is 7.28. The molecule has 0 aliphatic carbocycles. The topological polar surface area (TPSA) is 32.3 Å². The molecule has 5 rings (SSSR count). The molecule has 3 nitrogen and oxygen atoms in total. The highest BCUT2D eigenvalue weighted by Gasteiger charge is 2.21. The number of thiophene rings is 1. The molecule has 0 bridgehead atoms. The fourth-order valence-electron chi connectivity index (χ4n) is 4.63. The zero-order valence-corrected chi connectivity index (χ0v) is 16.9. The number of anilines is 1. The van der Waals surface area contributed by atoms with Gasteiger partial charge in [0, 0.05) is 16.9 Å². The van der Waals surface area contributed by atoms with Gasteiger partial charge in [-0.3, -0.25) is 9.69 Å². The zero-order valence-electron chi connectivity index (χ0n) is 16.1. The number of hydrogen-bond acceptors (Lipinski definition) is 3. The van der Waals surface area contributed by atoms with Crippen molar-refractivity contribution in [2.24, 2.45) is 5.92 Å². The molecule has 1 amide bonds. The van der Waals surface area contributed by atoms with E-state index in [4.69, 9.17) is 0 Å². The second-order valence-corrected chi connectivity index (χ2v) is 9.15. The van der Waals surface area contributed by atoms with E-state index < -0.39 is 0 Å². The molecule has 28 heavy (non-hydrogen) atoms. The number of fused-ring (bicyclic) bond motifs is 2. The van der Waals surface area contributed by atoms with Gasteiger partial charge in [-0.15, -0.1) is 11.3 Å². The Hall–Kier alpha value is -2.17. The molecule has 1 fully saturated rings. The van der Waals surface area contributed by atoms with Crippen LogP contribution in [0.1, 0.15) is 36.0 Å². The lowest BCUT2D eigenvalue weighted by Crippen LogP contribution is -2.33. The smallest absolute Gasteiger partial charge is 0.228 e. The lowest BCUT2D eigenvalue weighted by molar-refractivity contribution is -0.115. The number of nitrogens with one attached hydrogen (secondary N) is 1. The first-order valence-corrected chi connectivity index (χ1v) is 11.2. The number of piperidine rings is 1. The van der Waals surface area contributed by atoms with Gasteiger partial charge < -0.3 is 5.32 Å². The molecule has 3 heterocycles. The molecule has 0 spiro atoms. The maximum Gasteiger partial charge on any atom is 0.228 e. The van der Waals surface area contributed by atoms with Crippen molar-refractivity contribution in [3.63, 3.8) is 0 Å². The van der Waals surface area contributed by atoms with Crippen LogP contribution in [0.5, 0.6) is 0 Å². The van der Waals surface area contributed by atoms with Crippen LogP contribution in [-0.4, -0.2) is 23.9 Å². The highest BCUT2D eigenvalue weighted by atomic mass is 32.1. The van der Waals surface area contributed by atoms with Gasteiger partial charge in [0.25, 0.3) is 0 Å². The largest absolute Gasteiger partial charge is 0.326 e. The fourth-order valence-corrected chi connectivity index (χ4v) is 5.67. The van der Waals surface area contributed by atoms with E-state index in [1.165, 1.54) is 53.6 Å². The summed E-state index contributed by atoms with van der Waals surface area (Å²) in [6, 6.07) is 15.2. The predicted octanol–water partition coefficient (Wildman–Crippen LogP) is 5.24. The fraction of sp³-hybridized carbons (Fsp3) is 0.375. The molecule has 3 aromatic rings. The minimum atomic E-state index is 0.122. The van der Waals surface area contributed by atoms with E-state index in [-0.39, 0.29) is 5.91 Å². The second-order valence-electron chi connectivity index (χ2n) is 8.24. The average Bonchev–Trinajstić information content (AvgIpc) is 3.27. The quantitative estimate of drug-likeness (QED) is 0.646. The average molecular weight is 391 g/mol. The molecule has 0 atom stereocenters. The summed E-state index contributed by atoms with van der Waals surface area (Å²) in [7, 11) is 0. The summed E-state index contributed by atoms with van der Waals surface area (Å²) >= 11 is 1.82. The van der Waals surface area contributed by atoms with Crippen molar-refractivity contribution >= 4 is 33.0 Å². The van der Waals surface area contributed by atoms with Crippen molar-refractivity contribution < 1.29 is 4.79 Å². The number of likely N-dealkylation sites (tertiary alicyclic amines) is 1. The lowest BCUT2D eigenvalue weighted by atomic mass is 9.90. The minimum absolute atomic E-state index is 0.122. The molecule has 0 saturated carbocycles. The van der Waals surface area contributed by atoms with Crippen LogP contribution in [0.3, 0.4) is 0 Å². The summed E-state index contributed by atoms with van der Waals surface area (Å²) in [5, 5.41) is 6.66. The lowest BCUT2D eigenvalue weighted by Gasteiger charge is -2.32. The van der Waals surface area contributed by atoms with Crippen molar-refractivity contribution in [3.8, 4) is 0 Å². The SMILES string of the molecule is O=C1Cc2cc3scc(CCC4CCN(Cc5ccccc5)CC4)c3cc2N1. The van der Waals surface area contributed by atoms with Gasteiger partial charge in [-0.2, -0.15) is 0 Å². The van der Waals surface area contributed by atoms with Gasteiger partial charge in [0.1, 0.15) is 0 Å². The van der Waals surface area contributed by atoms with Crippen molar-refractivity contribution in [2.75, 3.05) is 18.4 Å². The Morgan fingerprint density at radius 1 is 1.11 bits per heavy atom. The summed E-state index contributed by atoms with van der Waals surface area (Å²) in [6.07, 6.45) is 5.56. The molecule has 2 aliphatic heterocycles. The normalized spacial score (nSPS) is 17.8. The van der Waals surface area contributed by atoms with Gasteiger partial charge in [-0.25, -0.2) is 0 Å². The maximum atomic E-state index is 11.6. The Bertz CT molecular complexity index is 987. The summed E-state index contributed by atoms with van der Waals surface area (Å²) in [6.45, 7) is 3.51. The van der Waals surface area contributed by atoms with Gasteiger partial charge in [-0.1, -0.05) is 30.3 Å². The number of rotatable bonds is 5. The van der Waals surface area contributed by atoms with Crippen LogP contribution in [-0.2, 0) is 24.2 Å². The maximum absolute atomic E-state index is 11.6. The Morgan fingerprint density at radius 3 is 2.75 bits per heavy atom. The van der Waals surface area contributed by atoms with Crippen LogP contribution in [0.15, 0.2) is 47.8 Å². The van der Waals surface area contributed by atoms with Crippen LogP contribution >= 0.6 is 11.3 Å².